The number of hydrogen-bond acceptors (Lipinski definition) is 3. The normalized spacial score (nSPS) is 25.9. The summed E-state index contributed by atoms with van der Waals surface area (Å²) in [5, 5.41) is 11.5. The van der Waals surface area contributed by atoms with Crippen LogP contribution in [0, 0.1) is 5.92 Å². The molecule has 2 N–H and O–H groups in total. The van der Waals surface area contributed by atoms with Crippen molar-refractivity contribution < 1.29 is 4.79 Å². The van der Waals surface area contributed by atoms with Crippen LogP contribution in [0.4, 0.5) is 0 Å². The first-order chi connectivity index (χ1) is 9.81. The number of nitrogens with zero attached hydrogens (tertiary/aromatic N) is 2. The van der Waals surface area contributed by atoms with Crippen LogP contribution in [0.15, 0.2) is 24.4 Å². The molecule has 1 aromatic heterocycles. The number of carbonyl (C=O) groups is 1. The largest absolute Gasteiger partial charge is 0.337 e. The van der Waals surface area contributed by atoms with Gasteiger partial charge in [-0.25, -0.2) is 0 Å². The van der Waals surface area contributed by atoms with Crippen molar-refractivity contribution in [1.29, 1.82) is 0 Å². The Morgan fingerprint density at radius 1 is 1.35 bits per heavy atom. The molecule has 0 aliphatic carbocycles. The topological polar surface area (TPSA) is 61.0 Å². The Labute approximate surface area is 117 Å². The van der Waals surface area contributed by atoms with Crippen LogP contribution < -0.4 is 5.32 Å². The zero-order valence-corrected chi connectivity index (χ0v) is 11.3. The lowest BCUT2D eigenvalue weighted by Gasteiger charge is -2.24. The van der Waals surface area contributed by atoms with Gasteiger partial charge in [-0.1, -0.05) is 6.07 Å². The predicted molar refractivity (Wildman–Crippen MR) is 76.5 cm³/mol. The molecule has 1 amide bonds. The van der Waals surface area contributed by atoms with Crippen LogP contribution in [-0.4, -0.2) is 46.7 Å². The summed E-state index contributed by atoms with van der Waals surface area (Å²) in [6.45, 7) is 2.81. The minimum Gasteiger partial charge on any atom is -0.337 e. The third-order valence-electron chi connectivity index (χ3n) is 4.58. The molecule has 5 heteroatoms. The fraction of sp³-hybridized carbons (Fsp3) is 0.467. The van der Waals surface area contributed by atoms with Crippen LogP contribution in [0.3, 0.4) is 0 Å². The molecule has 2 fully saturated rings. The van der Waals surface area contributed by atoms with Crippen molar-refractivity contribution in [3.8, 4) is 0 Å². The number of hydrogen-bond donors (Lipinski definition) is 2. The molecule has 0 radical (unpaired) electrons. The lowest BCUT2D eigenvalue weighted by atomic mass is 9.94. The maximum atomic E-state index is 12.6. The van der Waals surface area contributed by atoms with Gasteiger partial charge in [0, 0.05) is 30.1 Å². The Morgan fingerprint density at radius 2 is 2.30 bits per heavy atom. The predicted octanol–water partition coefficient (Wildman–Crippen LogP) is 1.39. The number of H-pyrrole nitrogens is 1. The standard InChI is InChI=1S/C15H18N4O/c20-15(10-3-4-11-7-17-18-13(11)6-10)19-8-12-2-1-5-16-14(12)9-19/h3-4,6-7,12,14,16H,1-2,5,8-9H2,(H,17,18). The highest BCUT2D eigenvalue weighted by atomic mass is 16.2. The molecular formula is C15H18N4O. The van der Waals surface area contributed by atoms with Crippen LogP contribution in [0.1, 0.15) is 23.2 Å². The monoisotopic (exact) mass is 270 g/mol. The number of piperidine rings is 1. The van der Waals surface area contributed by atoms with Gasteiger partial charge in [-0.15, -0.1) is 0 Å². The summed E-state index contributed by atoms with van der Waals surface area (Å²) in [5.74, 6) is 0.765. The van der Waals surface area contributed by atoms with E-state index in [1.54, 1.807) is 6.20 Å². The van der Waals surface area contributed by atoms with Gasteiger partial charge in [0.25, 0.3) is 5.91 Å². The summed E-state index contributed by atoms with van der Waals surface area (Å²) in [4.78, 5) is 14.6. The number of nitrogens with one attached hydrogen (secondary N) is 2. The Morgan fingerprint density at radius 3 is 3.20 bits per heavy atom. The van der Waals surface area contributed by atoms with E-state index in [4.69, 9.17) is 0 Å². The number of aromatic nitrogens is 2. The summed E-state index contributed by atoms with van der Waals surface area (Å²) < 4.78 is 0. The van der Waals surface area contributed by atoms with Gasteiger partial charge in [0.1, 0.15) is 0 Å². The molecule has 20 heavy (non-hydrogen) atoms. The molecule has 0 saturated carbocycles. The summed E-state index contributed by atoms with van der Waals surface area (Å²) in [7, 11) is 0. The number of fused-ring (bicyclic) bond motifs is 2. The van der Waals surface area contributed by atoms with Gasteiger partial charge >= 0.3 is 0 Å². The molecule has 0 bridgehead atoms. The van der Waals surface area contributed by atoms with Crippen LogP contribution in [-0.2, 0) is 0 Å². The second-order valence-electron chi connectivity index (χ2n) is 5.85. The zero-order valence-electron chi connectivity index (χ0n) is 11.3. The number of likely N-dealkylation sites (tertiary alicyclic amines) is 1. The van der Waals surface area contributed by atoms with Gasteiger partial charge in [0.05, 0.1) is 11.7 Å². The molecule has 2 saturated heterocycles. The Bertz CT molecular complexity index is 636. The van der Waals surface area contributed by atoms with Gasteiger partial charge in [-0.3, -0.25) is 9.89 Å². The lowest BCUT2D eigenvalue weighted by Crippen LogP contribution is -2.41. The molecule has 2 aliphatic heterocycles. The van der Waals surface area contributed by atoms with Gasteiger partial charge in [-0.2, -0.15) is 5.10 Å². The molecule has 2 aromatic rings. The van der Waals surface area contributed by atoms with Crippen molar-refractivity contribution in [3.05, 3.63) is 30.0 Å². The minimum absolute atomic E-state index is 0.137. The summed E-state index contributed by atoms with van der Waals surface area (Å²) in [5.41, 5.74) is 1.67. The van der Waals surface area contributed by atoms with Crippen molar-refractivity contribution in [2.24, 2.45) is 5.92 Å². The molecule has 2 atom stereocenters. The lowest BCUT2D eigenvalue weighted by molar-refractivity contribution is 0.0786. The Kier molecular flexibility index (Phi) is 2.73. The molecule has 0 spiro atoms. The van der Waals surface area contributed by atoms with Crippen molar-refractivity contribution in [2.75, 3.05) is 19.6 Å². The average Bonchev–Trinajstić information content (AvgIpc) is 3.11. The molecule has 4 rings (SSSR count). The number of aromatic amines is 1. The fourth-order valence-corrected chi connectivity index (χ4v) is 3.47. The molecule has 3 heterocycles. The fourth-order valence-electron chi connectivity index (χ4n) is 3.47. The maximum absolute atomic E-state index is 12.6. The summed E-state index contributed by atoms with van der Waals surface area (Å²) in [6.07, 6.45) is 4.24. The molecule has 5 nitrogen and oxygen atoms in total. The highest BCUT2D eigenvalue weighted by Gasteiger charge is 2.36. The molecule has 2 unspecified atom stereocenters. The van der Waals surface area contributed by atoms with Crippen molar-refractivity contribution in [3.63, 3.8) is 0 Å². The van der Waals surface area contributed by atoms with E-state index in [1.165, 1.54) is 12.8 Å². The van der Waals surface area contributed by atoms with E-state index in [-0.39, 0.29) is 5.91 Å². The number of amides is 1. The quantitative estimate of drug-likeness (QED) is 0.823. The number of carbonyl (C=O) groups excluding carboxylic acids is 1. The van der Waals surface area contributed by atoms with Crippen LogP contribution in [0.25, 0.3) is 10.9 Å². The Balaban J connectivity index is 1.57. The average molecular weight is 270 g/mol. The number of rotatable bonds is 1. The van der Waals surface area contributed by atoms with E-state index < -0.39 is 0 Å². The van der Waals surface area contributed by atoms with E-state index in [9.17, 15) is 4.79 Å². The Hall–Kier alpha value is -1.88. The molecule has 104 valence electrons. The van der Waals surface area contributed by atoms with Gasteiger partial charge in [0.2, 0.25) is 0 Å². The molecule has 1 aromatic carbocycles. The summed E-state index contributed by atoms with van der Waals surface area (Å²) >= 11 is 0. The van der Waals surface area contributed by atoms with E-state index >= 15 is 0 Å². The van der Waals surface area contributed by atoms with Gasteiger partial charge in [0.15, 0.2) is 0 Å². The van der Waals surface area contributed by atoms with Gasteiger partial charge in [-0.05, 0) is 37.4 Å². The van der Waals surface area contributed by atoms with Crippen LogP contribution >= 0.6 is 0 Å². The maximum Gasteiger partial charge on any atom is 0.253 e. The van der Waals surface area contributed by atoms with Crippen molar-refractivity contribution >= 4 is 16.8 Å². The first kappa shape index (κ1) is 11.9. The number of benzene rings is 1. The highest BCUT2D eigenvalue weighted by Crippen LogP contribution is 2.26. The van der Waals surface area contributed by atoms with Crippen molar-refractivity contribution in [2.45, 2.75) is 18.9 Å². The minimum atomic E-state index is 0.137. The van der Waals surface area contributed by atoms with E-state index in [0.29, 0.717) is 12.0 Å². The summed E-state index contributed by atoms with van der Waals surface area (Å²) in [6, 6.07) is 6.24. The first-order valence-corrected chi connectivity index (χ1v) is 7.27. The third kappa shape index (κ3) is 1.89. The molecular weight excluding hydrogens is 252 g/mol. The SMILES string of the molecule is O=C(c1ccc2cn[nH]c2c1)N1CC2CCCNC2C1. The highest BCUT2D eigenvalue weighted by molar-refractivity contribution is 5.97. The van der Waals surface area contributed by atoms with Crippen LogP contribution in [0.5, 0.6) is 0 Å². The smallest absolute Gasteiger partial charge is 0.253 e. The van der Waals surface area contributed by atoms with E-state index in [1.807, 2.05) is 23.1 Å². The first-order valence-electron chi connectivity index (χ1n) is 7.27. The second kappa shape index (κ2) is 4.59. The molecule has 2 aliphatic rings. The van der Waals surface area contributed by atoms with E-state index in [0.717, 1.165) is 36.1 Å². The van der Waals surface area contributed by atoms with Crippen molar-refractivity contribution in [1.82, 2.24) is 20.4 Å². The van der Waals surface area contributed by atoms with Gasteiger partial charge < -0.3 is 10.2 Å². The zero-order chi connectivity index (χ0) is 13.5. The third-order valence-corrected chi connectivity index (χ3v) is 4.58. The van der Waals surface area contributed by atoms with E-state index in [2.05, 4.69) is 15.5 Å². The van der Waals surface area contributed by atoms with Crippen LogP contribution in [0.2, 0.25) is 0 Å². The second-order valence-corrected chi connectivity index (χ2v) is 5.85.